The molecule has 0 spiro atoms. The fourth-order valence-corrected chi connectivity index (χ4v) is 5.86. The number of aromatic amines is 1. The summed E-state index contributed by atoms with van der Waals surface area (Å²) in [6.07, 6.45) is -3.70. The molecule has 1 aliphatic heterocycles. The summed E-state index contributed by atoms with van der Waals surface area (Å²) in [4.78, 5) is 25.5. The van der Waals surface area contributed by atoms with E-state index in [-0.39, 0.29) is 9.79 Å². The molecule has 2 N–H and O–H groups in total. The summed E-state index contributed by atoms with van der Waals surface area (Å²) >= 11 is 0. The molecule has 1 aromatic heterocycles. The first-order valence-electron chi connectivity index (χ1n) is 10.5. The second-order valence-electron chi connectivity index (χ2n) is 8.11. The Hall–Kier alpha value is -3.14. The first-order valence-corrected chi connectivity index (χ1v) is 13.4. The van der Waals surface area contributed by atoms with Gasteiger partial charge in [-0.15, -0.1) is 0 Å². The Morgan fingerprint density at radius 1 is 0.944 bits per heavy atom. The zero-order valence-electron chi connectivity index (χ0n) is 18.8. The van der Waals surface area contributed by atoms with Crippen LogP contribution < -0.4 is 11.2 Å². The summed E-state index contributed by atoms with van der Waals surface area (Å²) in [7, 11) is -8.75. The molecule has 2 heterocycles. The van der Waals surface area contributed by atoms with Gasteiger partial charge in [-0.1, -0.05) is 36.4 Å². The molecule has 1 fully saturated rings. The number of hydrogen-bond donors (Lipinski definition) is 2. The molecule has 0 saturated carbocycles. The Labute approximate surface area is 206 Å². The third-order valence-corrected chi connectivity index (χ3v) is 8.11. The highest BCUT2D eigenvalue weighted by molar-refractivity contribution is 7.87. The average Bonchev–Trinajstić information content (AvgIpc) is 3.08. The van der Waals surface area contributed by atoms with E-state index in [2.05, 4.69) is 0 Å². The number of rotatable bonds is 8. The summed E-state index contributed by atoms with van der Waals surface area (Å²) in [5.74, 6) is 0. The second-order valence-corrected chi connectivity index (χ2v) is 11.3. The molecule has 192 valence electrons. The summed E-state index contributed by atoms with van der Waals surface area (Å²) in [6, 6.07) is 15.3. The van der Waals surface area contributed by atoms with Gasteiger partial charge in [0.05, 0.1) is 16.4 Å². The maximum Gasteiger partial charge on any atom is 0.330 e. The van der Waals surface area contributed by atoms with Crippen molar-refractivity contribution in [2.24, 2.45) is 0 Å². The highest BCUT2D eigenvalue weighted by Crippen LogP contribution is 2.41. The monoisotopic (exact) mass is 538 g/mol. The van der Waals surface area contributed by atoms with Crippen molar-refractivity contribution in [1.29, 1.82) is 0 Å². The van der Waals surface area contributed by atoms with Crippen molar-refractivity contribution in [3.63, 3.8) is 0 Å². The SMILES string of the molecule is C[C@]1(O)[C@H](OS(=O)(=O)c2ccccc2)C(COS(=O)(=O)c2ccccc2)O[C@H]1n1ccc(=O)[nH]c1=O. The quantitative estimate of drug-likeness (QED) is 0.382. The van der Waals surface area contributed by atoms with Gasteiger partial charge in [-0.2, -0.15) is 16.8 Å². The average molecular weight is 539 g/mol. The molecule has 36 heavy (non-hydrogen) atoms. The van der Waals surface area contributed by atoms with Gasteiger partial charge in [-0.3, -0.25) is 22.7 Å². The Morgan fingerprint density at radius 2 is 1.50 bits per heavy atom. The van der Waals surface area contributed by atoms with E-state index in [4.69, 9.17) is 13.1 Å². The molecule has 0 radical (unpaired) electrons. The molecule has 4 rings (SSSR count). The molecule has 2 aromatic carbocycles. The largest absolute Gasteiger partial charge is 0.383 e. The van der Waals surface area contributed by atoms with Crippen molar-refractivity contribution >= 4 is 20.2 Å². The first kappa shape index (κ1) is 25.9. The molecule has 0 amide bonds. The van der Waals surface area contributed by atoms with E-state index in [1.807, 2.05) is 4.98 Å². The lowest BCUT2D eigenvalue weighted by Crippen LogP contribution is -2.49. The standard InChI is InChI=1S/C22H22N2O10S2/c1-22(27)19(34-36(30,31)16-10-6-3-7-11-16)17(14-32-35(28,29)15-8-4-2-5-9-15)33-20(22)24-13-12-18(25)23-21(24)26/h2-13,17,19-20,27H,14H2,1H3,(H,23,25,26)/t17?,19-,20-,22+/m1/s1. The topological polar surface area (TPSA) is 171 Å². The third-order valence-electron chi connectivity index (χ3n) is 5.50. The van der Waals surface area contributed by atoms with Crippen molar-refractivity contribution in [1.82, 2.24) is 9.55 Å². The lowest BCUT2D eigenvalue weighted by atomic mass is 9.96. The molecule has 1 saturated heterocycles. The van der Waals surface area contributed by atoms with E-state index in [1.165, 1.54) is 48.5 Å². The first-order chi connectivity index (χ1) is 16.9. The van der Waals surface area contributed by atoms with Crippen molar-refractivity contribution in [3.8, 4) is 0 Å². The van der Waals surface area contributed by atoms with Crippen LogP contribution in [0.25, 0.3) is 0 Å². The van der Waals surface area contributed by atoms with Crippen LogP contribution in [0.2, 0.25) is 0 Å². The van der Waals surface area contributed by atoms with Gasteiger partial charge >= 0.3 is 5.69 Å². The Morgan fingerprint density at radius 3 is 2.06 bits per heavy atom. The van der Waals surface area contributed by atoms with E-state index in [9.17, 15) is 31.5 Å². The minimum Gasteiger partial charge on any atom is -0.383 e. The fraction of sp³-hybridized carbons (Fsp3) is 0.273. The summed E-state index contributed by atoms with van der Waals surface area (Å²) in [5.41, 5.74) is -3.85. The van der Waals surface area contributed by atoms with Gasteiger partial charge in [-0.25, -0.2) is 4.79 Å². The molecule has 4 atom stereocenters. The van der Waals surface area contributed by atoms with Gasteiger partial charge in [0.2, 0.25) is 0 Å². The molecule has 1 unspecified atom stereocenters. The zero-order chi connectivity index (χ0) is 26.1. The van der Waals surface area contributed by atoms with Crippen LogP contribution in [0, 0.1) is 0 Å². The van der Waals surface area contributed by atoms with Crippen LogP contribution in [0.5, 0.6) is 0 Å². The summed E-state index contributed by atoms with van der Waals surface area (Å²) in [5, 5.41) is 11.3. The van der Waals surface area contributed by atoms with Crippen molar-refractivity contribution in [3.05, 3.63) is 93.8 Å². The predicted molar refractivity (Wildman–Crippen MR) is 124 cm³/mol. The van der Waals surface area contributed by atoms with E-state index < -0.39 is 62.1 Å². The molecular weight excluding hydrogens is 516 g/mol. The molecule has 14 heteroatoms. The lowest BCUT2D eigenvalue weighted by molar-refractivity contribution is -0.0953. The van der Waals surface area contributed by atoms with Crippen LogP contribution in [-0.4, -0.2) is 55.9 Å². The van der Waals surface area contributed by atoms with Crippen LogP contribution in [0.1, 0.15) is 13.2 Å². The maximum atomic E-state index is 12.9. The normalized spacial score (nSPS) is 24.6. The van der Waals surface area contributed by atoms with E-state index >= 15 is 0 Å². The maximum absolute atomic E-state index is 12.9. The van der Waals surface area contributed by atoms with Gasteiger partial charge in [0.15, 0.2) is 6.23 Å². The van der Waals surface area contributed by atoms with Crippen molar-refractivity contribution in [2.75, 3.05) is 6.61 Å². The second kappa shape index (κ2) is 9.72. The molecule has 1 aliphatic rings. The zero-order valence-corrected chi connectivity index (χ0v) is 20.4. The molecular formula is C22H22N2O10S2. The Balaban J connectivity index is 1.69. The minimum absolute atomic E-state index is 0.155. The number of benzene rings is 2. The summed E-state index contributed by atoms with van der Waals surface area (Å²) in [6.45, 7) is 0.406. The number of H-pyrrole nitrogens is 1. The molecule has 0 bridgehead atoms. The number of hydrogen-bond acceptors (Lipinski definition) is 10. The highest BCUT2D eigenvalue weighted by Gasteiger charge is 2.57. The van der Waals surface area contributed by atoms with E-state index in [0.717, 1.165) is 23.8 Å². The number of aliphatic hydroxyl groups is 1. The lowest BCUT2D eigenvalue weighted by Gasteiger charge is -2.29. The Bertz CT molecular complexity index is 1550. The minimum atomic E-state index is -4.47. The van der Waals surface area contributed by atoms with Crippen LogP contribution in [0.4, 0.5) is 0 Å². The number of nitrogens with one attached hydrogen (secondary N) is 1. The smallest absolute Gasteiger partial charge is 0.330 e. The van der Waals surface area contributed by atoms with Crippen LogP contribution in [0.15, 0.2) is 92.3 Å². The molecule has 0 aliphatic carbocycles. The number of aromatic nitrogens is 2. The summed E-state index contributed by atoms with van der Waals surface area (Å²) < 4.78 is 68.1. The Kier molecular flexibility index (Phi) is 7.01. The third kappa shape index (κ3) is 5.18. The fourth-order valence-electron chi connectivity index (χ4n) is 3.73. The number of ether oxygens (including phenoxy) is 1. The van der Waals surface area contributed by atoms with Gasteiger partial charge in [0, 0.05) is 12.3 Å². The van der Waals surface area contributed by atoms with Crippen LogP contribution in [-0.2, 0) is 33.3 Å². The van der Waals surface area contributed by atoms with Gasteiger partial charge in [0.1, 0.15) is 17.8 Å². The predicted octanol–water partition coefficient (Wildman–Crippen LogP) is 0.365. The van der Waals surface area contributed by atoms with Gasteiger partial charge in [-0.05, 0) is 31.2 Å². The highest BCUT2D eigenvalue weighted by atomic mass is 32.2. The van der Waals surface area contributed by atoms with Crippen LogP contribution in [0.3, 0.4) is 0 Å². The van der Waals surface area contributed by atoms with Crippen molar-refractivity contribution < 1.29 is 35.0 Å². The van der Waals surface area contributed by atoms with Crippen molar-refractivity contribution in [2.45, 2.75) is 40.8 Å². The van der Waals surface area contributed by atoms with Crippen LogP contribution >= 0.6 is 0 Å². The number of nitrogens with zero attached hydrogens (tertiary/aromatic N) is 1. The molecule has 12 nitrogen and oxygen atoms in total. The van der Waals surface area contributed by atoms with E-state index in [0.29, 0.717) is 0 Å². The van der Waals surface area contributed by atoms with E-state index in [1.54, 1.807) is 12.1 Å². The van der Waals surface area contributed by atoms with Gasteiger partial charge < -0.3 is 9.84 Å². The molecule has 3 aromatic rings. The van der Waals surface area contributed by atoms with Gasteiger partial charge in [0.25, 0.3) is 25.8 Å².